The third-order valence-corrected chi connectivity index (χ3v) is 2.90. The standard InChI is InChI=1S/C6H3Cl2N3O2S/c7-4-2-11-3-6(14(8,12)13)10-5(11)1-9-4/h1-3H. The molecule has 0 amide bonds. The second-order valence-electron chi connectivity index (χ2n) is 2.49. The maximum atomic E-state index is 10.9. The number of hydrogen-bond acceptors (Lipinski definition) is 4. The Bertz CT molecular complexity index is 592. The second-order valence-corrected chi connectivity index (χ2v) is 5.39. The van der Waals surface area contributed by atoms with Gasteiger partial charge in [-0.1, -0.05) is 11.6 Å². The van der Waals surface area contributed by atoms with E-state index in [1.54, 1.807) is 0 Å². The molecular formula is C6H3Cl2N3O2S. The first-order valence-electron chi connectivity index (χ1n) is 3.42. The normalized spacial score (nSPS) is 12.1. The average Bonchev–Trinajstić information content (AvgIpc) is 2.45. The van der Waals surface area contributed by atoms with Crippen molar-refractivity contribution < 1.29 is 8.42 Å². The Morgan fingerprint density at radius 3 is 2.71 bits per heavy atom. The first-order valence-corrected chi connectivity index (χ1v) is 6.10. The first kappa shape index (κ1) is 9.70. The Morgan fingerprint density at radius 2 is 2.07 bits per heavy atom. The summed E-state index contributed by atoms with van der Waals surface area (Å²) in [6.45, 7) is 0. The van der Waals surface area contributed by atoms with Gasteiger partial charge in [-0.05, 0) is 0 Å². The molecule has 2 aromatic heterocycles. The fourth-order valence-electron chi connectivity index (χ4n) is 0.969. The van der Waals surface area contributed by atoms with Crippen molar-refractivity contribution in [1.82, 2.24) is 14.4 Å². The van der Waals surface area contributed by atoms with E-state index in [-0.39, 0.29) is 10.2 Å². The van der Waals surface area contributed by atoms with Crippen molar-refractivity contribution in [3.8, 4) is 0 Å². The number of fused-ring (bicyclic) bond motifs is 1. The van der Waals surface area contributed by atoms with Crippen molar-refractivity contribution in [3.63, 3.8) is 0 Å². The molecule has 74 valence electrons. The van der Waals surface area contributed by atoms with Crippen LogP contribution in [0.2, 0.25) is 5.15 Å². The zero-order valence-electron chi connectivity index (χ0n) is 6.55. The van der Waals surface area contributed by atoms with Gasteiger partial charge in [-0.25, -0.2) is 18.4 Å². The molecular weight excluding hydrogens is 249 g/mol. The summed E-state index contributed by atoms with van der Waals surface area (Å²) < 4.78 is 23.3. The van der Waals surface area contributed by atoms with Crippen LogP contribution >= 0.6 is 22.3 Å². The lowest BCUT2D eigenvalue weighted by molar-refractivity contribution is 0.607. The molecule has 2 heterocycles. The molecule has 0 bridgehead atoms. The van der Waals surface area contributed by atoms with Crippen molar-refractivity contribution >= 4 is 37.0 Å². The summed E-state index contributed by atoms with van der Waals surface area (Å²) in [4.78, 5) is 7.49. The third kappa shape index (κ3) is 1.68. The molecule has 0 fully saturated rings. The van der Waals surface area contributed by atoms with E-state index in [2.05, 4.69) is 9.97 Å². The minimum atomic E-state index is -3.81. The molecule has 0 saturated carbocycles. The molecule has 0 aliphatic rings. The quantitative estimate of drug-likeness (QED) is 0.718. The number of nitrogens with zero attached hydrogens (tertiary/aromatic N) is 3. The van der Waals surface area contributed by atoms with Crippen LogP contribution in [0.25, 0.3) is 5.65 Å². The topological polar surface area (TPSA) is 64.3 Å². The van der Waals surface area contributed by atoms with Crippen LogP contribution in [-0.4, -0.2) is 22.8 Å². The highest BCUT2D eigenvalue weighted by molar-refractivity contribution is 8.13. The third-order valence-electron chi connectivity index (χ3n) is 1.54. The van der Waals surface area contributed by atoms with Crippen LogP contribution in [0.3, 0.4) is 0 Å². The molecule has 0 radical (unpaired) electrons. The lowest BCUT2D eigenvalue weighted by Crippen LogP contribution is -1.88. The van der Waals surface area contributed by atoms with E-state index in [4.69, 9.17) is 22.3 Å². The molecule has 0 unspecified atom stereocenters. The van der Waals surface area contributed by atoms with Crippen LogP contribution in [0.5, 0.6) is 0 Å². The van der Waals surface area contributed by atoms with Gasteiger partial charge in [-0.3, -0.25) is 0 Å². The molecule has 5 nitrogen and oxygen atoms in total. The van der Waals surface area contributed by atoms with E-state index >= 15 is 0 Å². The summed E-state index contributed by atoms with van der Waals surface area (Å²) in [7, 11) is 1.30. The average molecular weight is 252 g/mol. The van der Waals surface area contributed by atoms with E-state index in [9.17, 15) is 8.42 Å². The van der Waals surface area contributed by atoms with Gasteiger partial charge in [0.25, 0.3) is 9.05 Å². The molecule has 14 heavy (non-hydrogen) atoms. The molecule has 2 aromatic rings. The molecule has 2 rings (SSSR count). The summed E-state index contributed by atoms with van der Waals surface area (Å²) in [5, 5.41) is 0.0247. The van der Waals surface area contributed by atoms with Gasteiger partial charge in [0.15, 0.2) is 10.7 Å². The summed E-state index contributed by atoms with van der Waals surface area (Å²) in [6, 6.07) is 0. The minimum Gasteiger partial charge on any atom is -0.301 e. The first-order chi connectivity index (χ1) is 6.47. The lowest BCUT2D eigenvalue weighted by atomic mass is 10.7. The van der Waals surface area contributed by atoms with Crippen molar-refractivity contribution in [3.05, 3.63) is 23.7 Å². The second kappa shape index (κ2) is 3.08. The Kier molecular flexibility index (Phi) is 2.13. The van der Waals surface area contributed by atoms with Crippen molar-refractivity contribution in [1.29, 1.82) is 0 Å². The zero-order valence-corrected chi connectivity index (χ0v) is 8.88. The maximum absolute atomic E-state index is 10.9. The number of imidazole rings is 1. The monoisotopic (exact) mass is 251 g/mol. The number of rotatable bonds is 1. The van der Waals surface area contributed by atoms with Gasteiger partial charge in [0.2, 0.25) is 0 Å². The molecule has 0 aromatic carbocycles. The van der Waals surface area contributed by atoms with Gasteiger partial charge in [-0.15, -0.1) is 0 Å². The van der Waals surface area contributed by atoms with E-state index in [1.165, 1.54) is 23.0 Å². The Labute approximate surface area is 88.7 Å². The predicted molar refractivity (Wildman–Crippen MR) is 51.0 cm³/mol. The molecule has 0 N–H and O–H groups in total. The Balaban J connectivity index is 2.75. The van der Waals surface area contributed by atoms with Gasteiger partial charge in [0.1, 0.15) is 5.15 Å². The SMILES string of the molecule is O=S(=O)(Cl)c1cn2cc(Cl)ncc2n1. The van der Waals surface area contributed by atoms with Crippen LogP contribution in [-0.2, 0) is 9.05 Å². The van der Waals surface area contributed by atoms with Crippen molar-refractivity contribution in [2.24, 2.45) is 0 Å². The van der Waals surface area contributed by atoms with E-state index in [0.717, 1.165) is 0 Å². The number of aromatic nitrogens is 3. The van der Waals surface area contributed by atoms with Gasteiger partial charge < -0.3 is 4.40 Å². The summed E-state index contributed by atoms with van der Waals surface area (Å²) in [5.41, 5.74) is 0.369. The molecule has 8 heteroatoms. The van der Waals surface area contributed by atoms with E-state index < -0.39 is 9.05 Å². The van der Waals surface area contributed by atoms with Gasteiger partial charge in [0, 0.05) is 23.1 Å². The lowest BCUT2D eigenvalue weighted by Gasteiger charge is -1.90. The highest BCUT2D eigenvalue weighted by Gasteiger charge is 2.14. The van der Waals surface area contributed by atoms with E-state index in [1.807, 2.05) is 0 Å². The van der Waals surface area contributed by atoms with Gasteiger partial charge in [0.05, 0.1) is 6.20 Å². The van der Waals surface area contributed by atoms with Crippen LogP contribution < -0.4 is 0 Å². The summed E-state index contributed by atoms with van der Waals surface area (Å²) >= 11 is 5.60. The van der Waals surface area contributed by atoms with Crippen LogP contribution in [0.4, 0.5) is 0 Å². The van der Waals surface area contributed by atoms with Crippen molar-refractivity contribution in [2.45, 2.75) is 5.03 Å². The fraction of sp³-hybridized carbons (Fsp3) is 0. The highest BCUT2D eigenvalue weighted by Crippen LogP contribution is 2.15. The largest absolute Gasteiger partial charge is 0.301 e. The van der Waals surface area contributed by atoms with Crippen LogP contribution in [0.15, 0.2) is 23.6 Å². The number of halogens is 2. The maximum Gasteiger partial charge on any atom is 0.280 e. The summed E-state index contributed by atoms with van der Waals surface area (Å²) in [5.74, 6) is 0. The summed E-state index contributed by atoms with van der Waals surface area (Å²) in [6.07, 6.45) is 4.06. The van der Waals surface area contributed by atoms with Crippen molar-refractivity contribution in [2.75, 3.05) is 0 Å². The smallest absolute Gasteiger partial charge is 0.280 e. The highest BCUT2D eigenvalue weighted by atomic mass is 35.7. The Morgan fingerprint density at radius 1 is 1.36 bits per heavy atom. The molecule has 0 saturated heterocycles. The predicted octanol–water partition coefficient (Wildman–Crippen LogP) is 1.31. The van der Waals surface area contributed by atoms with Crippen LogP contribution in [0, 0.1) is 0 Å². The minimum absolute atomic E-state index is 0.219. The van der Waals surface area contributed by atoms with Gasteiger partial charge in [-0.2, -0.15) is 0 Å². The number of hydrogen-bond donors (Lipinski definition) is 0. The molecule has 0 spiro atoms. The Hall–Kier alpha value is -0.850. The van der Waals surface area contributed by atoms with E-state index in [0.29, 0.717) is 5.65 Å². The molecule has 0 atom stereocenters. The van der Waals surface area contributed by atoms with Crippen LogP contribution in [0.1, 0.15) is 0 Å². The molecule has 0 aliphatic heterocycles. The zero-order chi connectivity index (χ0) is 10.3. The fourth-order valence-corrected chi connectivity index (χ4v) is 1.79. The van der Waals surface area contributed by atoms with Gasteiger partial charge >= 0.3 is 0 Å². The molecule has 0 aliphatic carbocycles.